The molecule has 5 nitrogen and oxygen atoms in total. The molecule has 18 heavy (non-hydrogen) atoms. The molecular formula is C13H24N2O3. The van der Waals surface area contributed by atoms with E-state index in [2.05, 4.69) is 10.6 Å². The topological polar surface area (TPSA) is 78.4 Å². The average Bonchev–Trinajstić information content (AvgIpc) is 2.34. The molecule has 1 rings (SSSR count). The van der Waals surface area contributed by atoms with E-state index in [1.54, 1.807) is 0 Å². The maximum Gasteiger partial charge on any atom is 0.314 e. The number of carboxylic acid groups (broad SMARTS) is 1. The van der Waals surface area contributed by atoms with Crippen LogP contribution < -0.4 is 10.6 Å². The Morgan fingerprint density at radius 3 is 2.39 bits per heavy atom. The van der Waals surface area contributed by atoms with Gasteiger partial charge in [0.2, 0.25) is 0 Å². The number of aliphatic carboxylic acids is 1. The fourth-order valence-electron chi connectivity index (χ4n) is 2.61. The van der Waals surface area contributed by atoms with E-state index in [0.717, 1.165) is 32.1 Å². The van der Waals surface area contributed by atoms with Gasteiger partial charge in [-0.05, 0) is 24.7 Å². The van der Waals surface area contributed by atoms with Crippen molar-refractivity contribution in [1.29, 1.82) is 0 Å². The Bertz CT molecular complexity index is 286. The fourth-order valence-corrected chi connectivity index (χ4v) is 2.61. The highest BCUT2D eigenvalue weighted by atomic mass is 16.4. The van der Waals surface area contributed by atoms with Gasteiger partial charge in [0.1, 0.15) is 0 Å². The molecule has 0 heterocycles. The number of rotatable bonds is 6. The lowest BCUT2D eigenvalue weighted by Crippen LogP contribution is -2.44. The molecule has 2 amide bonds. The highest BCUT2D eigenvalue weighted by molar-refractivity contribution is 5.74. The minimum absolute atomic E-state index is 0.154. The molecule has 1 aliphatic rings. The molecule has 0 bridgehead atoms. The minimum atomic E-state index is -0.771. The van der Waals surface area contributed by atoms with Crippen molar-refractivity contribution in [3.63, 3.8) is 0 Å². The Balaban J connectivity index is 2.45. The van der Waals surface area contributed by atoms with Gasteiger partial charge in [0, 0.05) is 13.1 Å². The third kappa shape index (κ3) is 4.94. The van der Waals surface area contributed by atoms with Gasteiger partial charge in [-0.1, -0.05) is 26.2 Å². The summed E-state index contributed by atoms with van der Waals surface area (Å²) >= 11 is 0. The van der Waals surface area contributed by atoms with Crippen molar-refractivity contribution >= 4 is 12.0 Å². The zero-order valence-electron chi connectivity index (χ0n) is 11.1. The van der Waals surface area contributed by atoms with Crippen molar-refractivity contribution in [2.45, 2.75) is 51.9 Å². The summed E-state index contributed by atoms with van der Waals surface area (Å²) in [5.74, 6) is -0.771. The first-order valence-electron chi connectivity index (χ1n) is 6.81. The summed E-state index contributed by atoms with van der Waals surface area (Å²) in [5, 5.41) is 14.6. The molecule has 3 N–H and O–H groups in total. The maximum absolute atomic E-state index is 11.5. The molecular weight excluding hydrogens is 232 g/mol. The first-order valence-corrected chi connectivity index (χ1v) is 6.81. The van der Waals surface area contributed by atoms with Gasteiger partial charge < -0.3 is 15.7 Å². The third-order valence-electron chi connectivity index (χ3n) is 3.60. The number of carbonyl (C=O) groups is 2. The number of nitrogens with one attached hydrogen (secondary N) is 2. The first kappa shape index (κ1) is 14.8. The zero-order valence-corrected chi connectivity index (χ0v) is 11.1. The second-order valence-corrected chi connectivity index (χ2v) is 5.24. The van der Waals surface area contributed by atoms with Crippen LogP contribution in [0.15, 0.2) is 0 Å². The summed E-state index contributed by atoms with van der Waals surface area (Å²) in [5.41, 5.74) is -0.242. The molecule has 0 spiro atoms. The van der Waals surface area contributed by atoms with Crippen molar-refractivity contribution in [2.24, 2.45) is 5.41 Å². The Labute approximate surface area is 108 Å². The second kappa shape index (κ2) is 7.24. The SMILES string of the molecule is CCCNC(=O)NCC1(CC(=O)O)CCCCC1. The minimum Gasteiger partial charge on any atom is -0.481 e. The molecule has 0 unspecified atom stereocenters. The monoisotopic (exact) mass is 256 g/mol. The van der Waals surface area contributed by atoms with Crippen LogP contribution in [0.2, 0.25) is 0 Å². The number of hydrogen-bond acceptors (Lipinski definition) is 2. The van der Waals surface area contributed by atoms with Crippen molar-refractivity contribution in [1.82, 2.24) is 10.6 Å². The quantitative estimate of drug-likeness (QED) is 0.681. The predicted octanol–water partition coefficient (Wildman–Crippen LogP) is 2.12. The normalized spacial score (nSPS) is 18.1. The van der Waals surface area contributed by atoms with Gasteiger partial charge >= 0.3 is 12.0 Å². The maximum atomic E-state index is 11.5. The fraction of sp³-hybridized carbons (Fsp3) is 0.846. The highest BCUT2D eigenvalue weighted by Gasteiger charge is 2.34. The largest absolute Gasteiger partial charge is 0.481 e. The van der Waals surface area contributed by atoms with E-state index in [4.69, 9.17) is 5.11 Å². The van der Waals surface area contributed by atoms with E-state index in [1.165, 1.54) is 6.42 Å². The predicted molar refractivity (Wildman–Crippen MR) is 69.5 cm³/mol. The summed E-state index contributed by atoms with van der Waals surface area (Å²) in [6.45, 7) is 3.11. The van der Waals surface area contributed by atoms with Gasteiger partial charge in [0.05, 0.1) is 6.42 Å². The van der Waals surface area contributed by atoms with Gasteiger partial charge in [0.25, 0.3) is 0 Å². The summed E-state index contributed by atoms with van der Waals surface area (Å²) in [7, 11) is 0. The number of hydrogen-bond donors (Lipinski definition) is 3. The summed E-state index contributed by atoms with van der Waals surface area (Å²) in [6, 6.07) is -0.188. The van der Waals surface area contributed by atoms with Gasteiger partial charge in [-0.3, -0.25) is 4.79 Å². The van der Waals surface area contributed by atoms with E-state index >= 15 is 0 Å². The van der Waals surface area contributed by atoms with Crippen molar-refractivity contribution in [3.05, 3.63) is 0 Å². The van der Waals surface area contributed by atoms with Crippen molar-refractivity contribution in [2.75, 3.05) is 13.1 Å². The Hall–Kier alpha value is -1.26. The van der Waals surface area contributed by atoms with Gasteiger partial charge in [-0.25, -0.2) is 4.79 Å². The second-order valence-electron chi connectivity index (χ2n) is 5.24. The number of amides is 2. The van der Waals surface area contributed by atoms with Crippen molar-refractivity contribution < 1.29 is 14.7 Å². The zero-order chi connectivity index (χ0) is 13.4. The smallest absolute Gasteiger partial charge is 0.314 e. The molecule has 104 valence electrons. The molecule has 0 atom stereocenters. The van der Waals surface area contributed by atoms with Crippen LogP contribution in [0, 0.1) is 5.41 Å². The summed E-state index contributed by atoms with van der Waals surface area (Å²) < 4.78 is 0. The molecule has 0 aromatic rings. The van der Waals surface area contributed by atoms with Crippen LogP contribution in [0.5, 0.6) is 0 Å². The Morgan fingerprint density at radius 1 is 1.17 bits per heavy atom. The van der Waals surface area contributed by atoms with Crippen LogP contribution in [0.1, 0.15) is 51.9 Å². The number of carbonyl (C=O) groups excluding carboxylic acids is 1. The summed E-state index contributed by atoms with van der Waals surface area (Å²) in [4.78, 5) is 22.5. The van der Waals surface area contributed by atoms with E-state index in [9.17, 15) is 9.59 Å². The van der Waals surface area contributed by atoms with Crippen LogP contribution >= 0.6 is 0 Å². The summed E-state index contributed by atoms with van der Waals surface area (Å²) in [6.07, 6.45) is 6.13. The molecule has 1 fully saturated rings. The first-order chi connectivity index (χ1) is 8.58. The number of urea groups is 1. The van der Waals surface area contributed by atoms with E-state index in [0.29, 0.717) is 13.1 Å². The van der Waals surface area contributed by atoms with Crippen LogP contribution in [0.25, 0.3) is 0 Å². The molecule has 1 aliphatic carbocycles. The van der Waals surface area contributed by atoms with Crippen LogP contribution in [0.3, 0.4) is 0 Å². The lowest BCUT2D eigenvalue weighted by atomic mass is 9.72. The Morgan fingerprint density at radius 2 is 1.83 bits per heavy atom. The molecule has 5 heteroatoms. The number of carboxylic acids is 1. The average molecular weight is 256 g/mol. The van der Waals surface area contributed by atoms with Crippen LogP contribution in [-0.2, 0) is 4.79 Å². The molecule has 1 saturated carbocycles. The van der Waals surface area contributed by atoms with Crippen molar-refractivity contribution in [3.8, 4) is 0 Å². The third-order valence-corrected chi connectivity index (χ3v) is 3.60. The van der Waals surface area contributed by atoms with Gasteiger partial charge in [-0.15, -0.1) is 0 Å². The van der Waals surface area contributed by atoms with E-state index < -0.39 is 5.97 Å². The lowest BCUT2D eigenvalue weighted by Gasteiger charge is -2.36. The van der Waals surface area contributed by atoms with Gasteiger partial charge in [-0.2, -0.15) is 0 Å². The van der Waals surface area contributed by atoms with E-state index in [1.807, 2.05) is 6.92 Å². The molecule has 0 saturated heterocycles. The molecule has 0 aromatic heterocycles. The van der Waals surface area contributed by atoms with Crippen LogP contribution in [-0.4, -0.2) is 30.2 Å². The molecule has 0 radical (unpaired) electrons. The Kier molecular flexibility index (Phi) is 5.95. The van der Waals surface area contributed by atoms with Gasteiger partial charge in [0.15, 0.2) is 0 Å². The highest BCUT2D eigenvalue weighted by Crippen LogP contribution is 2.38. The standard InChI is InChI=1S/C13H24N2O3/c1-2-8-14-12(18)15-10-13(9-11(16)17)6-4-3-5-7-13/h2-10H2,1H3,(H,16,17)(H2,14,15,18). The molecule has 0 aromatic carbocycles. The van der Waals surface area contributed by atoms with Crippen LogP contribution in [0.4, 0.5) is 4.79 Å². The molecule has 0 aliphatic heterocycles. The van der Waals surface area contributed by atoms with E-state index in [-0.39, 0.29) is 17.9 Å². The lowest BCUT2D eigenvalue weighted by molar-refractivity contribution is -0.140.